The van der Waals surface area contributed by atoms with Gasteiger partial charge >= 0.3 is 0 Å². The number of nitrogens with one attached hydrogen (secondary N) is 2. The number of likely N-dealkylation sites (tertiary alicyclic amines) is 1. The van der Waals surface area contributed by atoms with Gasteiger partial charge in [0.05, 0.1) is 6.61 Å². The van der Waals surface area contributed by atoms with Gasteiger partial charge in [0.15, 0.2) is 12.2 Å². The van der Waals surface area contributed by atoms with Crippen LogP contribution >= 0.6 is 0 Å². The Bertz CT molecular complexity index is 1140. The Balaban J connectivity index is 1.45. The van der Waals surface area contributed by atoms with Crippen molar-refractivity contribution in [2.24, 2.45) is 5.73 Å². The number of nitrogens with two attached hydrogens (primary N) is 1. The summed E-state index contributed by atoms with van der Waals surface area (Å²) in [6.45, 7) is 3.08. The van der Waals surface area contributed by atoms with Crippen molar-refractivity contribution < 1.29 is 24.2 Å². The van der Waals surface area contributed by atoms with Crippen LogP contribution in [0.4, 0.5) is 11.4 Å². The zero-order chi connectivity index (χ0) is 25.1. The van der Waals surface area contributed by atoms with Gasteiger partial charge in [-0.2, -0.15) is 0 Å². The fraction of sp³-hybridized carbons (Fsp3) is 0.360. The molecule has 0 unspecified atom stereocenters. The Morgan fingerprint density at radius 1 is 1.17 bits per heavy atom. The molecule has 2 aliphatic heterocycles. The molecule has 10 heteroatoms. The second kappa shape index (κ2) is 10.2. The van der Waals surface area contributed by atoms with Gasteiger partial charge in [-0.1, -0.05) is 6.07 Å². The largest absolute Gasteiger partial charge is 0.384 e. The quantitative estimate of drug-likeness (QED) is 0.363. The van der Waals surface area contributed by atoms with E-state index >= 15 is 0 Å². The molecule has 0 spiro atoms. The van der Waals surface area contributed by atoms with Gasteiger partial charge in [-0.25, -0.2) is 0 Å². The first-order chi connectivity index (χ1) is 16.8. The number of hydrogen-bond acceptors (Lipinski definition) is 6. The number of nitrogen functional groups attached to an aromatic ring is 1. The fourth-order valence-electron chi connectivity index (χ4n) is 4.38. The number of nitrogens with zero attached hydrogens (tertiary/aromatic N) is 2. The number of carbonyl (C=O) groups excluding carboxylic acids is 3. The molecule has 0 radical (unpaired) electrons. The summed E-state index contributed by atoms with van der Waals surface area (Å²) < 4.78 is 5.46. The number of aliphatic hydroxyl groups excluding tert-OH is 1. The topological polar surface area (TPSA) is 149 Å². The average molecular weight is 480 g/mol. The van der Waals surface area contributed by atoms with Crippen LogP contribution in [-0.2, 0) is 14.3 Å². The number of rotatable bonds is 6. The van der Waals surface area contributed by atoms with Gasteiger partial charge in [-0.15, -0.1) is 0 Å². The van der Waals surface area contributed by atoms with Gasteiger partial charge in [-0.05, 0) is 62.2 Å². The van der Waals surface area contributed by atoms with Crippen LogP contribution in [0.15, 0.2) is 48.5 Å². The molecule has 184 valence electrons. The van der Waals surface area contributed by atoms with Crippen LogP contribution in [0.25, 0.3) is 0 Å². The molecule has 2 heterocycles. The van der Waals surface area contributed by atoms with Crippen LogP contribution < -0.4 is 16.0 Å². The number of anilines is 2. The highest BCUT2D eigenvalue weighted by atomic mass is 16.5. The zero-order valence-electron chi connectivity index (χ0n) is 19.4. The second-order valence-corrected chi connectivity index (χ2v) is 8.75. The second-order valence-electron chi connectivity index (χ2n) is 8.75. The lowest BCUT2D eigenvalue weighted by Crippen LogP contribution is -2.55. The molecule has 2 aromatic carbocycles. The molecular formula is C25H29N5O5. The predicted octanol–water partition coefficient (Wildman–Crippen LogP) is 1.33. The third-order valence-electron chi connectivity index (χ3n) is 6.36. The molecule has 0 saturated carbocycles. The first-order valence-electron chi connectivity index (χ1n) is 11.5. The number of morpholine rings is 1. The van der Waals surface area contributed by atoms with E-state index in [2.05, 4.69) is 5.32 Å². The maximum Gasteiger partial charge on any atom is 0.259 e. The summed E-state index contributed by atoms with van der Waals surface area (Å²) >= 11 is 0. The van der Waals surface area contributed by atoms with Crippen molar-refractivity contribution in [3.8, 4) is 0 Å². The third kappa shape index (κ3) is 5.18. The van der Waals surface area contributed by atoms with Crippen LogP contribution in [0, 0.1) is 5.41 Å². The zero-order valence-corrected chi connectivity index (χ0v) is 19.4. The highest BCUT2D eigenvalue weighted by Crippen LogP contribution is 2.25. The minimum atomic E-state index is -1.74. The summed E-state index contributed by atoms with van der Waals surface area (Å²) in [5.41, 5.74) is 7.29. The molecule has 0 aromatic heterocycles. The van der Waals surface area contributed by atoms with Gasteiger partial charge in [0.2, 0.25) is 0 Å². The smallest absolute Gasteiger partial charge is 0.259 e. The summed E-state index contributed by atoms with van der Waals surface area (Å²) in [7, 11) is 0. The highest BCUT2D eigenvalue weighted by Gasteiger charge is 2.39. The Morgan fingerprint density at radius 3 is 2.57 bits per heavy atom. The number of aliphatic hydroxyl groups is 1. The summed E-state index contributed by atoms with van der Waals surface area (Å²) in [5, 5.41) is 20.6. The van der Waals surface area contributed by atoms with Crippen LogP contribution in [-0.4, -0.2) is 71.5 Å². The van der Waals surface area contributed by atoms with E-state index in [4.69, 9.17) is 15.9 Å². The SMILES string of the molecule is C[C@@H]1CCCN1C(=O)c1cccc(N2CCO[C@H]([C@@H](O)C(=O)Nc3ccc(C(=N)N)cc3)C2=O)c1. The summed E-state index contributed by atoms with van der Waals surface area (Å²) in [4.78, 5) is 42.0. The van der Waals surface area contributed by atoms with Gasteiger partial charge in [0.25, 0.3) is 17.7 Å². The van der Waals surface area contributed by atoms with Crippen molar-refractivity contribution in [2.45, 2.75) is 38.0 Å². The number of amidine groups is 1. The molecule has 10 nitrogen and oxygen atoms in total. The summed E-state index contributed by atoms with van der Waals surface area (Å²) in [5.74, 6) is -1.55. The monoisotopic (exact) mass is 479 g/mol. The summed E-state index contributed by atoms with van der Waals surface area (Å²) in [6, 6.07) is 13.2. The van der Waals surface area contributed by atoms with Crippen molar-refractivity contribution in [3.63, 3.8) is 0 Å². The van der Waals surface area contributed by atoms with E-state index in [1.807, 2.05) is 11.8 Å². The molecule has 5 N–H and O–H groups in total. The van der Waals surface area contributed by atoms with Crippen molar-refractivity contribution in [2.75, 3.05) is 29.9 Å². The number of amides is 3. The Hall–Kier alpha value is -3.76. The molecule has 3 atom stereocenters. The first kappa shape index (κ1) is 24.4. The van der Waals surface area contributed by atoms with E-state index in [-0.39, 0.29) is 30.9 Å². The normalized spacial score (nSPS) is 21.0. The lowest BCUT2D eigenvalue weighted by atomic mass is 10.1. The molecule has 2 aromatic rings. The highest BCUT2D eigenvalue weighted by molar-refractivity contribution is 6.05. The van der Waals surface area contributed by atoms with Crippen LogP contribution in [0.5, 0.6) is 0 Å². The molecule has 0 bridgehead atoms. The van der Waals surface area contributed by atoms with E-state index in [0.29, 0.717) is 29.0 Å². The molecule has 0 aliphatic carbocycles. The van der Waals surface area contributed by atoms with Crippen LogP contribution in [0.1, 0.15) is 35.7 Å². The maximum absolute atomic E-state index is 13.2. The molecule has 2 fully saturated rings. The van der Waals surface area contributed by atoms with Gasteiger partial charge < -0.3 is 30.7 Å². The van der Waals surface area contributed by atoms with E-state index < -0.39 is 24.0 Å². The number of ether oxygens (including phenoxy) is 1. The number of benzene rings is 2. The third-order valence-corrected chi connectivity index (χ3v) is 6.36. The predicted molar refractivity (Wildman–Crippen MR) is 130 cm³/mol. The molecular weight excluding hydrogens is 450 g/mol. The minimum Gasteiger partial charge on any atom is -0.384 e. The van der Waals surface area contributed by atoms with Gasteiger partial charge in [0.1, 0.15) is 5.84 Å². The van der Waals surface area contributed by atoms with E-state index in [1.54, 1.807) is 48.5 Å². The van der Waals surface area contributed by atoms with Crippen LogP contribution in [0.3, 0.4) is 0 Å². The fourth-order valence-corrected chi connectivity index (χ4v) is 4.38. The Morgan fingerprint density at radius 2 is 1.91 bits per heavy atom. The van der Waals surface area contributed by atoms with E-state index in [0.717, 1.165) is 12.8 Å². The molecule has 2 saturated heterocycles. The molecule has 3 amide bonds. The lowest BCUT2D eigenvalue weighted by molar-refractivity contribution is -0.150. The van der Waals surface area contributed by atoms with Gasteiger partial charge in [-0.3, -0.25) is 19.8 Å². The standard InChI is InChI=1S/C25H29N5O5/c1-15-4-3-11-29(15)24(33)17-5-2-6-19(14-17)30-12-13-35-21(25(30)34)20(31)23(32)28-18-9-7-16(8-10-18)22(26)27/h2,5-10,14-15,20-21,31H,3-4,11-13H2,1H3,(H3,26,27)(H,28,32)/t15-,20-,21-/m1/s1. The molecule has 2 aliphatic rings. The van der Waals surface area contributed by atoms with Crippen molar-refractivity contribution in [1.29, 1.82) is 5.41 Å². The average Bonchev–Trinajstić information content (AvgIpc) is 3.29. The van der Waals surface area contributed by atoms with E-state index in [9.17, 15) is 19.5 Å². The summed E-state index contributed by atoms with van der Waals surface area (Å²) in [6.07, 6.45) is -1.20. The molecule has 35 heavy (non-hydrogen) atoms. The Kier molecular flexibility index (Phi) is 7.13. The minimum absolute atomic E-state index is 0.0793. The van der Waals surface area contributed by atoms with E-state index in [1.165, 1.54) is 4.90 Å². The number of carbonyl (C=O) groups is 3. The first-order valence-corrected chi connectivity index (χ1v) is 11.5. The maximum atomic E-state index is 13.2. The van der Waals surface area contributed by atoms with Crippen molar-refractivity contribution in [3.05, 3.63) is 59.7 Å². The Labute approximate surface area is 203 Å². The van der Waals surface area contributed by atoms with Crippen molar-refractivity contribution in [1.82, 2.24) is 4.90 Å². The van der Waals surface area contributed by atoms with Crippen molar-refractivity contribution >= 4 is 34.9 Å². The molecule has 4 rings (SSSR count). The number of hydrogen-bond donors (Lipinski definition) is 4. The van der Waals surface area contributed by atoms with Crippen LogP contribution in [0.2, 0.25) is 0 Å². The van der Waals surface area contributed by atoms with Gasteiger partial charge in [0, 0.05) is 41.6 Å². The lowest BCUT2D eigenvalue weighted by Gasteiger charge is -2.34.